The molecular formula is C17H15F3N2O4. The number of aryl methyl sites for hydroxylation is 1. The summed E-state index contributed by atoms with van der Waals surface area (Å²) in [6.07, 6.45) is -3.57. The SMILES string of the molecule is COC(C)=C(C(=O)O)c1c(C)ncnc1Oc1ccccc1C(F)(F)F. The molecule has 0 aliphatic rings. The van der Waals surface area contributed by atoms with Gasteiger partial charge in [0.2, 0.25) is 5.88 Å². The molecule has 0 bridgehead atoms. The van der Waals surface area contributed by atoms with E-state index in [9.17, 15) is 23.1 Å². The van der Waals surface area contributed by atoms with Gasteiger partial charge in [-0.25, -0.2) is 14.8 Å². The van der Waals surface area contributed by atoms with E-state index in [0.717, 1.165) is 18.5 Å². The van der Waals surface area contributed by atoms with Gasteiger partial charge >= 0.3 is 12.1 Å². The van der Waals surface area contributed by atoms with Gasteiger partial charge in [0.15, 0.2) is 0 Å². The summed E-state index contributed by atoms with van der Waals surface area (Å²) in [5, 5.41) is 9.50. The average Bonchev–Trinajstić information content (AvgIpc) is 2.56. The molecule has 26 heavy (non-hydrogen) atoms. The number of carboxylic acid groups (broad SMARTS) is 1. The summed E-state index contributed by atoms with van der Waals surface area (Å²) in [6.45, 7) is 2.90. The van der Waals surface area contributed by atoms with Crippen molar-refractivity contribution in [1.29, 1.82) is 0 Å². The first-order chi connectivity index (χ1) is 12.2. The van der Waals surface area contributed by atoms with Crippen LogP contribution in [0.1, 0.15) is 23.7 Å². The predicted molar refractivity (Wildman–Crippen MR) is 85.5 cm³/mol. The Morgan fingerprint density at radius 2 is 1.85 bits per heavy atom. The van der Waals surface area contributed by atoms with Gasteiger partial charge in [0.25, 0.3) is 0 Å². The van der Waals surface area contributed by atoms with Crippen molar-refractivity contribution in [2.24, 2.45) is 0 Å². The lowest BCUT2D eigenvalue weighted by molar-refractivity contribution is -0.138. The van der Waals surface area contributed by atoms with Gasteiger partial charge in [-0.2, -0.15) is 13.2 Å². The number of alkyl halides is 3. The van der Waals surface area contributed by atoms with E-state index in [1.807, 2.05) is 0 Å². The van der Waals surface area contributed by atoms with Gasteiger partial charge in [-0.15, -0.1) is 0 Å². The summed E-state index contributed by atoms with van der Waals surface area (Å²) in [6, 6.07) is 4.57. The van der Waals surface area contributed by atoms with E-state index in [4.69, 9.17) is 9.47 Å². The van der Waals surface area contributed by atoms with Crippen LogP contribution < -0.4 is 4.74 Å². The van der Waals surface area contributed by atoms with Crippen LogP contribution in [0.15, 0.2) is 36.4 Å². The molecule has 0 radical (unpaired) electrons. The van der Waals surface area contributed by atoms with Crippen molar-refractivity contribution >= 4 is 11.5 Å². The molecule has 138 valence electrons. The average molecular weight is 368 g/mol. The Morgan fingerprint density at radius 1 is 1.19 bits per heavy atom. The number of methoxy groups -OCH3 is 1. The Morgan fingerprint density at radius 3 is 2.42 bits per heavy atom. The monoisotopic (exact) mass is 368 g/mol. The zero-order valence-corrected chi connectivity index (χ0v) is 14.1. The van der Waals surface area contributed by atoms with Crippen LogP contribution >= 0.6 is 0 Å². The molecule has 0 saturated carbocycles. The fraction of sp³-hybridized carbons (Fsp3) is 0.235. The molecular weight excluding hydrogens is 353 g/mol. The lowest BCUT2D eigenvalue weighted by atomic mass is 10.0. The van der Waals surface area contributed by atoms with Crippen LogP contribution in [0.2, 0.25) is 0 Å². The number of para-hydroxylation sites is 1. The number of benzene rings is 1. The van der Waals surface area contributed by atoms with Gasteiger partial charge in [0, 0.05) is 0 Å². The van der Waals surface area contributed by atoms with E-state index in [2.05, 4.69) is 9.97 Å². The summed E-state index contributed by atoms with van der Waals surface area (Å²) < 4.78 is 49.8. The number of rotatable bonds is 5. The third-order valence-corrected chi connectivity index (χ3v) is 3.52. The van der Waals surface area contributed by atoms with Gasteiger partial charge in [0.1, 0.15) is 23.4 Å². The smallest absolute Gasteiger partial charge is 0.419 e. The largest absolute Gasteiger partial charge is 0.500 e. The molecule has 0 fully saturated rings. The van der Waals surface area contributed by atoms with E-state index < -0.39 is 23.5 Å². The minimum absolute atomic E-state index is 0.0318. The number of carboxylic acids is 1. The highest BCUT2D eigenvalue weighted by Gasteiger charge is 2.35. The summed E-state index contributed by atoms with van der Waals surface area (Å²) in [7, 11) is 1.27. The maximum absolute atomic E-state index is 13.2. The zero-order chi connectivity index (χ0) is 19.5. The molecule has 0 saturated heterocycles. The molecule has 1 heterocycles. The second kappa shape index (κ2) is 7.42. The van der Waals surface area contributed by atoms with Gasteiger partial charge in [-0.05, 0) is 26.0 Å². The highest BCUT2D eigenvalue weighted by Crippen LogP contribution is 2.39. The first-order valence-corrected chi connectivity index (χ1v) is 7.31. The maximum atomic E-state index is 13.2. The van der Waals surface area contributed by atoms with Crippen LogP contribution in [-0.2, 0) is 15.7 Å². The number of aromatic nitrogens is 2. The number of hydrogen-bond donors (Lipinski definition) is 1. The topological polar surface area (TPSA) is 81.5 Å². The van der Waals surface area contributed by atoms with Gasteiger partial charge in [0.05, 0.1) is 23.9 Å². The minimum atomic E-state index is -4.65. The van der Waals surface area contributed by atoms with Crippen LogP contribution in [0.3, 0.4) is 0 Å². The lowest BCUT2D eigenvalue weighted by Gasteiger charge is -2.16. The number of aliphatic carboxylic acids is 1. The number of halogens is 3. The molecule has 0 aliphatic carbocycles. The number of allylic oxidation sites excluding steroid dienone is 1. The summed E-state index contributed by atoms with van der Waals surface area (Å²) in [5.41, 5.74) is -1.15. The standard InChI is InChI=1S/C17H15F3N2O4/c1-9-13(14(16(23)24)10(2)25-3)15(22-8-21-9)26-12-7-5-4-6-11(12)17(18,19)20/h4-8H,1-3H3,(H,23,24). The molecule has 1 aromatic heterocycles. The lowest BCUT2D eigenvalue weighted by Crippen LogP contribution is -2.11. The molecule has 0 atom stereocenters. The highest BCUT2D eigenvalue weighted by atomic mass is 19.4. The molecule has 6 nitrogen and oxygen atoms in total. The molecule has 0 spiro atoms. The van der Waals surface area contributed by atoms with Crippen molar-refractivity contribution in [2.75, 3.05) is 7.11 Å². The van der Waals surface area contributed by atoms with Crippen molar-refractivity contribution in [3.05, 3.63) is 53.2 Å². The molecule has 0 unspecified atom stereocenters. The number of nitrogens with zero attached hydrogens (tertiary/aromatic N) is 2. The summed E-state index contributed by atoms with van der Waals surface area (Å²) in [5.74, 6) is -2.14. The van der Waals surface area contributed by atoms with E-state index in [0.29, 0.717) is 0 Å². The summed E-state index contributed by atoms with van der Waals surface area (Å²) >= 11 is 0. The third-order valence-electron chi connectivity index (χ3n) is 3.52. The Kier molecular flexibility index (Phi) is 5.49. The predicted octanol–water partition coefficient (Wildman–Crippen LogP) is 4.06. The van der Waals surface area contributed by atoms with Crippen LogP contribution in [0, 0.1) is 6.92 Å². The van der Waals surface area contributed by atoms with E-state index in [1.165, 1.54) is 33.1 Å². The van der Waals surface area contributed by atoms with E-state index in [1.54, 1.807) is 0 Å². The number of carbonyl (C=O) groups is 1. The molecule has 1 aromatic carbocycles. The summed E-state index contributed by atoms with van der Waals surface area (Å²) in [4.78, 5) is 19.4. The highest BCUT2D eigenvalue weighted by molar-refractivity contribution is 6.17. The third kappa shape index (κ3) is 3.93. The quantitative estimate of drug-likeness (QED) is 0.633. The fourth-order valence-electron chi connectivity index (χ4n) is 2.25. The van der Waals surface area contributed by atoms with E-state index in [-0.39, 0.29) is 28.5 Å². The van der Waals surface area contributed by atoms with Crippen molar-refractivity contribution in [1.82, 2.24) is 9.97 Å². The Labute approximate surface area is 146 Å². The van der Waals surface area contributed by atoms with Gasteiger partial charge in [-0.3, -0.25) is 0 Å². The van der Waals surface area contributed by atoms with Crippen molar-refractivity contribution in [3.8, 4) is 11.6 Å². The maximum Gasteiger partial charge on any atom is 0.419 e. The first kappa shape index (κ1) is 19.2. The number of ether oxygens (including phenoxy) is 2. The Balaban J connectivity index is 2.65. The first-order valence-electron chi connectivity index (χ1n) is 7.31. The van der Waals surface area contributed by atoms with Crippen molar-refractivity contribution in [2.45, 2.75) is 20.0 Å². The number of hydrogen-bond acceptors (Lipinski definition) is 5. The second-order valence-electron chi connectivity index (χ2n) is 5.18. The van der Waals surface area contributed by atoms with Crippen LogP contribution in [0.4, 0.5) is 13.2 Å². The molecule has 1 N–H and O–H groups in total. The normalized spacial score (nSPS) is 12.4. The molecule has 9 heteroatoms. The Bertz CT molecular complexity index is 863. The van der Waals surface area contributed by atoms with Crippen LogP contribution in [0.5, 0.6) is 11.6 Å². The molecule has 0 amide bonds. The molecule has 2 rings (SSSR count). The van der Waals surface area contributed by atoms with Crippen LogP contribution in [-0.4, -0.2) is 28.2 Å². The zero-order valence-electron chi connectivity index (χ0n) is 14.1. The fourth-order valence-corrected chi connectivity index (χ4v) is 2.25. The minimum Gasteiger partial charge on any atom is -0.500 e. The van der Waals surface area contributed by atoms with Crippen LogP contribution in [0.25, 0.3) is 5.57 Å². The van der Waals surface area contributed by atoms with Crippen molar-refractivity contribution < 1.29 is 32.5 Å². The van der Waals surface area contributed by atoms with E-state index >= 15 is 0 Å². The molecule has 0 aliphatic heterocycles. The Hall–Kier alpha value is -3.10. The van der Waals surface area contributed by atoms with Gasteiger partial charge < -0.3 is 14.6 Å². The van der Waals surface area contributed by atoms with Crippen molar-refractivity contribution in [3.63, 3.8) is 0 Å². The van der Waals surface area contributed by atoms with Gasteiger partial charge in [-0.1, -0.05) is 12.1 Å². The second-order valence-corrected chi connectivity index (χ2v) is 5.18. The molecule has 2 aromatic rings.